The van der Waals surface area contributed by atoms with Gasteiger partial charge < -0.3 is 46.1 Å². The zero-order valence-electron chi connectivity index (χ0n) is 27.6. The Labute approximate surface area is 265 Å². The minimum atomic E-state index is -1.03. The first-order valence-corrected chi connectivity index (χ1v) is 15.8. The summed E-state index contributed by atoms with van der Waals surface area (Å²) in [5, 5.41) is 40.3. The maximum Gasteiger partial charge on any atom is 0.302 e. The average Bonchev–Trinajstić information content (AvgIpc) is 3.00. The van der Waals surface area contributed by atoms with Gasteiger partial charge in [-0.25, -0.2) is 0 Å². The lowest BCUT2D eigenvalue weighted by molar-refractivity contribution is -0.676. The summed E-state index contributed by atoms with van der Waals surface area (Å²) in [6.45, 7) is 10.5. The second kappa shape index (κ2) is 27.7. The predicted molar refractivity (Wildman–Crippen MR) is 174 cm³/mol. The Morgan fingerprint density at radius 3 is 1.98 bits per heavy atom. The molecule has 0 radical (unpaired) electrons. The monoisotopic (exact) mass is 618 g/mol. The quantitative estimate of drug-likeness (QED) is 0.0926. The molecule has 10 nitrogen and oxygen atoms in total. The molecule has 0 aliphatic carbocycles. The van der Waals surface area contributed by atoms with Gasteiger partial charge in [0.05, 0.1) is 12.7 Å². The summed E-state index contributed by atoms with van der Waals surface area (Å²) in [4.78, 5) is 20.2. The van der Waals surface area contributed by atoms with Crippen molar-refractivity contribution >= 4 is 11.9 Å². The van der Waals surface area contributed by atoms with Crippen LogP contribution in [0, 0.1) is 0 Å². The molecule has 2 unspecified atom stereocenters. The number of quaternary nitrogens is 1. The molecule has 0 saturated heterocycles. The van der Waals surface area contributed by atoms with Crippen LogP contribution in [0.2, 0.25) is 0 Å². The molecule has 44 heavy (non-hydrogen) atoms. The molecule has 0 aliphatic rings. The van der Waals surface area contributed by atoms with Crippen molar-refractivity contribution in [2.24, 2.45) is 0 Å². The Morgan fingerprint density at radius 2 is 1.41 bits per heavy atom. The van der Waals surface area contributed by atoms with E-state index in [1.807, 2.05) is 14.1 Å². The molecule has 0 spiro atoms. The summed E-state index contributed by atoms with van der Waals surface area (Å²) in [6, 6.07) is 17.2. The van der Waals surface area contributed by atoms with Crippen LogP contribution in [0.15, 0.2) is 48.5 Å². The van der Waals surface area contributed by atoms with Crippen molar-refractivity contribution in [1.29, 1.82) is 0 Å². The predicted octanol–water partition coefficient (Wildman–Crippen LogP) is 0.671. The highest BCUT2D eigenvalue weighted by molar-refractivity contribution is 5.65. The molecule has 0 heterocycles. The van der Waals surface area contributed by atoms with Crippen LogP contribution in [0.1, 0.15) is 68.7 Å². The van der Waals surface area contributed by atoms with E-state index in [2.05, 4.69) is 88.4 Å². The fourth-order valence-electron chi connectivity index (χ4n) is 4.15. The van der Waals surface area contributed by atoms with Gasteiger partial charge in [0.15, 0.2) is 0 Å². The van der Waals surface area contributed by atoms with Gasteiger partial charge in [0.25, 0.3) is 0 Å². The standard InChI is InChI=1S/2C13H22N2O.C8H14O4/c2*1-3-11-5-4-6-12(7-11)8-15-10-13(16)9-14-2;1-7(9)12-6-4-2-3-5-8(10)11/h2*4-7,13-16H,3,8-10H2,1-2H3;2-6H2,1H3,(H,10,11). The number of carbonyl (C=O) groups is 2. The molecular weight excluding hydrogens is 560 g/mol. The van der Waals surface area contributed by atoms with Crippen molar-refractivity contribution in [2.75, 3.05) is 46.9 Å². The lowest BCUT2D eigenvalue weighted by Gasteiger charge is -2.11. The Kier molecular flexibility index (Phi) is 25.9. The number of hydrogen-bond acceptors (Lipinski definition) is 9. The molecule has 0 amide bonds. The molecule has 7 N–H and O–H groups in total. The number of esters is 1. The molecule has 2 atom stereocenters. The largest absolute Gasteiger partial charge is 0.550 e. The number of rotatable bonds is 20. The number of benzene rings is 2. The Balaban J connectivity index is 0.000000639. The fourth-order valence-corrected chi connectivity index (χ4v) is 4.15. The highest BCUT2D eigenvalue weighted by atomic mass is 16.5. The number of hydrogen-bond donors (Lipinski definition) is 6. The lowest BCUT2D eigenvalue weighted by Crippen LogP contribution is -2.85. The van der Waals surface area contributed by atoms with E-state index in [0.717, 1.165) is 38.9 Å². The lowest BCUT2D eigenvalue weighted by atomic mass is 10.1. The highest BCUT2D eigenvalue weighted by Crippen LogP contribution is 2.06. The van der Waals surface area contributed by atoms with E-state index in [-0.39, 0.29) is 24.6 Å². The molecule has 0 fully saturated rings. The van der Waals surface area contributed by atoms with E-state index in [9.17, 15) is 24.9 Å². The minimum absolute atomic E-state index is 0.0834. The number of likely N-dealkylation sites (N-methyl/N-ethyl adjacent to an activating group) is 2. The molecule has 0 aliphatic heterocycles. The van der Waals surface area contributed by atoms with Gasteiger partial charge in [0.1, 0.15) is 19.2 Å². The first kappa shape index (κ1) is 41.1. The molecule has 2 rings (SSSR count). The number of aryl methyl sites for hydroxylation is 2. The average molecular weight is 619 g/mol. The molecule has 250 valence electrons. The van der Waals surface area contributed by atoms with Crippen LogP contribution in [0.3, 0.4) is 0 Å². The third kappa shape index (κ3) is 24.6. The summed E-state index contributed by atoms with van der Waals surface area (Å²) in [5.74, 6) is -1.32. The topological polar surface area (TPSA) is 160 Å². The van der Waals surface area contributed by atoms with Gasteiger partial charge in [-0.2, -0.15) is 0 Å². The van der Waals surface area contributed by atoms with Crippen LogP contribution < -0.4 is 26.4 Å². The fraction of sp³-hybridized carbons (Fsp3) is 0.588. The van der Waals surface area contributed by atoms with Crippen LogP contribution >= 0.6 is 0 Å². The highest BCUT2D eigenvalue weighted by Gasteiger charge is 2.05. The van der Waals surface area contributed by atoms with E-state index in [1.54, 1.807) is 0 Å². The van der Waals surface area contributed by atoms with Gasteiger partial charge in [-0.15, -0.1) is 0 Å². The number of aliphatic hydroxyl groups excluding tert-OH is 2. The van der Waals surface area contributed by atoms with E-state index in [4.69, 9.17) is 0 Å². The number of carboxylic acid groups (broad SMARTS) is 1. The third-order valence-electron chi connectivity index (χ3n) is 6.54. The van der Waals surface area contributed by atoms with Crippen LogP contribution in [0.25, 0.3) is 0 Å². The number of ether oxygens (including phenoxy) is 1. The number of unbranched alkanes of at least 4 members (excludes halogenated alkanes) is 2. The van der Waals surface area contributed by atoms with E-state index >= 15 is 0 Å². The van der Waals surface area contributed by atoms with Crippen molar-refractivity contribution in [1.82, 2.24) is 16.0 Å². The first-order chi connectivity index (χ1) is 21.1. The maximum atomic E-state index is 10.3. The van der Waals surface area contributed by atoms with Crippen LogP contribution in [-0.4, -0.2) is 81.2 Å². The normalized spacial score (nSPS) is 11.8. The molecule has 0 bridgehead atoms. The summed E-state index contributed by atoms with van der Waals surface area (Å²) in [6.07, 6.45) is 3.70. The number of aliphatic hydroxyl groups is 2. The van der Waals surface area contributed by atoms with E-state index in [1.165, 1.54) is 29.2 Å². The smallest absolute Gasteiger partial charge is 0.302 e. The zero-order chi connectivity index (χ0) is 33.0. The first-order valence-electron chi connectivity index (χ1n) is 15.8. The second-order valence-electron chi connectivity index (χ2n) is 10.7. The SMILES string of the molecule is CC(=O)OCCCCCC(=O)[O-].CCc1cccc(CNCC(O)CNC)c1.CCc1cccc(C[NH2+]CC(O)CNC)c1. The van der Waals surface area contributed by atoms with E-state index < -0.39 is 5.97 Å². The number of carboxylic acids is 1. The third-order valence-corrected chi connectivity index (χ3v) is 6.54. The van der Waals surface area contributed by atoms with Crippen molar-refractivity contribution in [3.8, 4) is 0 Å². The number of carbonyl (C=O) groups excluding carboxylic acids is 2. The number of nitrogens with one attached hydrogen (secondary N) is 3. The van der Waals surface area contributed by atoms with Crippen molar-refractivity contribution in [2.45, 2.75) is 84.6 Å². The van der Waals surface area contributed by atoms with Crippen molar-refractivity contribution in [3.63, 3.8) is 0 Å². The number of nitrogens with two attached hydrogens (primary N) is 1. The zero-order valence-corrected chi connectivity index (χ0v) is 27.6. The van der Waals surface area contributed by atoms with Gasteiger partial charge in [-0.05, 0) is 69.3 Å². The van der Waals surface area contributed by atoms with Gasteiger partial charge >= 0.3 is 5.97 Å². The van der Waals surface area contributed by atoms with Gasteiger partial charge in [0.2, 0.25) is 0 Å². The van der Waals surface area contributed by atoms with Gasteiger partial charge in [0, 0.05) is 44.6 Å². The molecule has 0 aromatic heterocycles. The van der Waals surface area contributed by atoms with Crippen molar-refractivity contribution < 1.29 is 35.0 Å². The molecule has 2 aromatic carbocycles. The Hall–Kier alpha value is -2.86. The Bertz CT molecular complexity index is 928. The van der Waals surface area contributed by atoms with E-state index in [0.29, 0.717) is 39.1 Å². The molecule has 0 saturated carbocycles. The van der Waals surface area contributed by atoms with Gasteiger partial charge in [-0.1, -0.05) is 62.4 Å². The summed E-state index contributed by atoms with van der Waals surface area (Å²) < 4.78 is 4.65. The number of aliphatic carboxylic acids is 1. The van der Waals surface area contributed by atoms with Crippen molar-refractivity contribution in [3.05, 3.63) is 70.8 Å². The second-order valence-corrected chi connectivity index (χ2v) is 10.7. The molecule has 2 aromatic rings. The van der Waals surface area contributed by atoms with Crippen LogP contribution in [-0.2, 0) is 40.3 Å². The summed E-state index contributed by atoms with van der Waals surface area (Å²) in [5.41, 5.74) is 5.34. The Morgan fingerprint density at radius 1 is 0.841 bits per heavy atom. The van der Waals surface area contributed by atoms with Crippen LogP contribution in [0.4, 0.5) is 0 Å². The molecular formula is C34H58N4O6. The molecule has 10 heteroatoms. The van der Waals surface area contributed by atoms with Gasteiger partial charge in [-0.3, -0.25) is 4.79 Å². The van der Waals surface area contributed by atoms with Crippen LogP contribution in [0.5, 0.6) is 0 Å². The minimum Gasteiger partial charge on any atom is -0.550 e. The summed E-state index contributed by atoms with van der Waals surface area (Å²) >= 11 is 0. The maximum absolute atomic E-state index is 10.3. The summed E-state index contributed by atoms with van der Waals surface area (Å²) in [7, 11) is 3.70.